The average molecular weight is 342 g/mol. The summed E-state index contributed by atoms with van der Waals surface area (Å²) in [4.78, 5) is 18.2. The highest BCUT2D eigenvalue weighted by molar-refractivity contribution is 5.82. The Bertz CT molecular complexity index is 591. The minimum Gasteiger partial charge on any atom is -0.459 e. The zero-order chi connectivity index (χ0) is 17.3. The smallest absolute Gasteiger partial charge is 0.331 e. The average Bonchev–Trinajstić information content (AvgIpc) is 2.69. The largest absolute Gasteiger partial charge is 0.459 e. The number of hydrogen-bond acceptors (Lipinski definition) is 4. The Morgan fingerprint density at radius 2 is 1.72 bits per heavy atom. The lowest BCUT2D eigenvalue weighted by molar-refractivity contribution is -0.174. The predicted octanol–water partition coefficient (Wildman–Crippen LogP) is 3.03. The van der Waals surface area contributed by atoms with Crippen molar-refractivity contribution in [2.24, 2.45) is 5.92 Å². The first-order chi connectivity index (χ1) is 12.2. The van der Waals surface area contributed by atoms with Crippen LogP contribution in [0.3, 0.4) is 0 Å². The van der Waals surface area contributed by atoms with Gasteiger partial charge in [-0.1, -0.05) is 36.8 Å². The van der Waals surface area contributed by atoms with Gasteiger partial charge in [-0.3, -0.25) is 9.80 Å². The zero-order valence-corrected chi connectivity index (χ0v) is 15.3. The third kappa shape index (κ3) is 3.22. The quantitative estimate of drug-likeness (QED) is 0.788. The Kier molecular flexibility index (Phi) is 4.83. The Morgan fingerprint density at radius 1 is 1.04 bits per heavy atom. The number of piperidine rings is 4. The molecule has 0 radical (unpaired) electrons. The molecule has 0 amide bonds. The van der Waals surface area contributed by atoms with Crippen molar-refractivity contribution >= 4 is 5.97 Å². The van der Waals surface area contributed by atoms with Crippen molar-refractivity contribution < 1.29 is 9.53 Å². The van der Waals surface area contributed by atoms with Crippen LogP contribution in [-0.2, 0) is 15.1 Å². The third-order valence-electron chi connectivity index (χ3n) is 6.58. The van der Waals surface area contributed by atoms with Gasteiger partial charge in [-0.25, -0.2) is 4.79 Å². The van der Waals surface area contributed by atoms with E-state index >= 15 is 0 Å². The number of nitrogens with zero attached hydrogens (tertiary/aromatic N) is 2. The maximum atomic E-state index is 13.4. The van der Waals surface area contributed by atoms with Gasteiger partial charge in [0.2, 0.25) is 0 Å². The highest BCUT2D eigenvalue weighted by atomic mass is 16.5. The SMILES string of the molecule is CC(C(=O)O[C@H]1CN2CCC1CC2)(c1ccccc1)N1CCCCC1. The number of hydrogen-bond donors (Lipinski definition) is 0. The summed E-state index contributed by atoms with van der Waals surface area (Å²) in [6.07, 6.45) is 6.00. The maximum Gasteiger partial charge on any atom is 0.331 e. The molecule has 0 aliphatic carbocycles. The normalized spacial score (nSPS) is 32.1. The van der Waals surface area contributed by atoms with E-state index in [1.54, 1.807) is 0 Å². The molecule has 4 fully saturated rings. The molecule has 1 aromatic rings. The van der Waals surface area contributed by atoms with Crippen LogP contribution in [0.25, 0.3) is 0 Å². The molecule has 4 aliphatic rings. The van der Waals surface area contributed by atoms with E-state index in [0.29, 0.717) is 5.92 Å². The van der Waals surface area contributed by atoms with Gasteiger partial charge in [0.05, 0.1) is 0 Å². The fraction of sp³-hybridized carbons (Fsp3) is 0.667. The molecular formula is C21H30N2O2. The minimum atomic E-state index is -0.673. The number of carbonyl (C=O) groups excluding carboxylic acids is 1. The van der Waals surface area contributed by atoms with E-state index in [4.69, 9.17) is 4.74 Å². The van der Waals surface area contributed by atoms with Gasteiger partial charge < -0.3 is 4.74 Å². The summed E-state index contributed by atoms with van der Waals surface area (Å²) < 4.78 is 6.18. The standard InChI is InChI=1S/C21H30N2O2/c1-21(18-8-4-2-5-9-18,23-12-6-3-7-13-23)20(24)25-19-16-22-14-10-17(19)11-15-22/h2,4-5,8-9,17,19H,3,6-7,10-16H2,1H3/t19-,21?/m0/s1. The third-order valence-corrected chi connectivity index (χ3v) is 6.58. The highest BCUT2D eigenvalue weighted by Gasteiger charge is 2.46. The van der Waals surface area contributed by atoms with Crippen molar-refractivity contribution in [3.8, 4) is 0 Å². The van der Waals surface area contributed by atoms with Gasteiger partial charge in [0.15, 0.2) is 0 Å². The molecule has 4 heteroatoms. The van der Waals surface area contributed by atoms with Crippen molar-refractivity contribution in [3.63, 3.8) is 0 Å². The van der Waals surface area contributed by atoms with E-state index in [9.17, 15) is 4.79 Å². The van der Waals surface area contributed by atoms with Crippen LogP contribution in [0.5, 0.6) is 0 Å². The van der Waals surface area contributed by atoms with Crippen LogP contribution in [0.4, 0.5) is 0 Å². The molecule has 0 aromatic heterocycles. The molecule has 0 spiro atoms. The molecule has 25 heavy (non-hydrogen) atoms. The number of benzene rings is 1. The van der Waals surface area contributed by atoms with Crippen molar-refractivity contribution in [2.75, 3.05) is 32.7 Å². The molecule has 4 saturated heterocycles. The lowest BCUT2D eigenvalue weighted by Crippen LogP contribution is -2.57. The molecule has 0 saturated carbocycles. The van der Waals surface area contributed by atoms with Gasteiger partial charge in [0, 0.05) is 6.54 Å². The van der Waals surface area contributed by atoms with E-state index in [1.165, 1.54) is 32.4 Å². The second-order valence-electron chi connectivity index (χ2n) is 8.07. The van der Waals surface area contributed by atoms with Crippen LogP contribution in [0, 0.1) is 5.92 Å². The molecule has 4 heterocycles. The summed E-state index contributed by atoms with van der Waals surface area (Å²) in [6.45, 7) is 7.27. The Morgan fingerprint density at radius 3 is 2.32 bits per heavy atom. The van der Waals surface area contributed by atoms with Crippen LogP contribution in [-0.4, -0.2) is 54.6 Å². The topological polar surface area (TPSA) is 32.8 Å². The second-order valence-corrected chi connectivity index (χ2v) is 8.07. The maximum absolute atomic E-state index is 13.4. The minimum absolute atomic E-state index is 0.0562. The first kappa shape index (κ1) is 17.0. The molecule has 4 aliphatic heterocycles. The first-order valence-electron chi connectivity index (χ1n) is 9.92. The molecule has 1 aromatic carbocycles. The van der Waals surface area contributed by atoms with E-state index < -0.39 is 5.54 Å². The molecule has 0 N–H and O–H groups in total. The predicted molar refractivity (Wildman–Crippen MR) is 98.3 cm³/mol. The number of ether oxygens (including phenoxy) is 1. The summed E-state index contributed by atoms with van der Waals surface area (Å²) in [6, 6.07) is 10.2. The zero-order valence-electron chi connectivity index (χ0n) is 15.3. The van der Waals surface area contributed by atoms with Crippen molar-refractivity contribution in [1.29, 1.82) is 0 Å². The van der Waals surface area contributed by atoms with Gasteiger partial charge in [-0.05, 0) is 70.3 Å². The lowest BCUT2D eigenvalue weighted by Gasteiger charge is -2.46. The van der Waals surface area contributed by atoms with Crippen molar-refractivity contribution in [1.82, 2.24) is 9.80 Å². The Hall–Kier alpha value is -1.39. The second kappa shape index (κ2) is 7.08. The number of esters is 1. The summed E-state index contributed by atoms with van der Waals surface area (Å²) in [5, 5.41) is 0. The monoisotopic (exact) mass is 342 g/mol. The van der Waals surface area contributed by atoms with Gasteiger partial charge in [0.25, 0.3) is 0 Å². The molecule has 2 bridgehead atoms. The molecule has 1 unspecified atom stereocenters. The molecule has 2 atom stereocenters. The van der Waals surface area contributed by atoms with Crippen LogP contribution >= 0.6 is 0 Å². The summed E-state index contributed by atoms with van der Waals surface area (Å²) in [5.41, 5.74) is 0.386. The van der Waals surface area contributed by atoms with Gasteiger partial charge in [-0.15, -0.1) is 0 Å². The van der Waals surface area contributed by atoms with Gasteiger partial charge in [0.1, 0.15) is 11.6 Å². The fourth-order valence-corrected chi connectivity index (χ4v) is 4.83. The van der Waals surface area contributed by atoms with E-state index in [-0.39, 0.29) is 12.1 Å². The van der Waals surface area contributed by atoms with Crippen LogP contribution < -0.4 is 0 Å². The van der Waals surface area contributed by atoms with Crippen LogP contribution in [0.2, 0.25) is 0 Å². The van der Waals surface area contributed by atoms with E-state index in [0.717, 1.165) is 38.0 Å². The van der Waals surface area contributed by atoms with Crippen LogP contribution in [0.1, 0.15) is 44.6 Å². The van der Waals surface area contributed by atoms with Crippen LogP contribution in [0.15, 0.2) is 30.3 Å². The van der Waals surface area contributed by atoms with Gasteiger partial charge >= 0.3 is 5.97 Å². The number of carbonyl (C=O) groups is 1. The lowest BCUT2D eigenvalue weighted by atomic mass is 9.85. The molecule has 5 rings (SSSR count). The van der Waals surface area contributed by atoms with Crippen molar-refractivity contribution in [3.05, 3.63) is 35.9 Å². The fourth-order valence-electron chi connectivity index (χ4n) is 4.83. The Balaban J connectivity index is 1.58. The van der Waals surface area contributed by atoms with E-state index in [1.807, 2.05) is 18.2 Å². The first-order valence-corrected chi connectivity index (χ1v) is 9.92. The molecule has 136 valence electrons. The summed E-state index contributed by atoms with van der Waals surface area (Å²) in [5.74, 6) is 0.495. The molecule has 4 nitrogen and oxygen atoms in total. The Labute approximate surface area is 151 Å². The van der Waals surface area contributed by atoms with E-state index in [2.05, 4.69) is 28.9 Å². The van der Waals surface area contributed by atoms with Gasteiger partial charge in [-0.2, -0.15) is 0 Å². The van der Waals surface area contributed by atoms with Crippen molar-refractivity contribution in [2.45, 2.75) is 50.7 Å². The molecular weight excluding hydrogens is 312 g/mol. The number of fused-ring (bicyclic) bond motifs is 3. The summed E-state index contributed by atoms with van der Waals surface area (Å²) >= 11 is 0. The number of likely N-dealkylation sites (tertiary alicyclic amines) is 1. The summed E-state index contributed by atoms with van der Waals surface area (Å²) in [7, 11) is 0. The number of rotatable bonds is 4. The highest BCUT2D eigenvalue weighted by Crippen LogP contribution is 2.35.